The summed E-state index contributed by atoms with van der Waals surface area (Å²) in [7, 11) is 0. The van der Waals surface area contributed by atoms with Gasteiger partial charge in [0.25, 0.3) is 0 Å². The molecule has 0 spiro atoms. The van der Waals surface area contributed by atoms with Gasteiger partial charge in [0.15, 0.2) is 0 Å². The molecule has 1 atom stereocenters. The van der Waals surface area contributed by atoms with Crippen molar-refractivity contribution in [1.82, 2.24) is 0 Å². The summed E-state index contributed by atoms with van der Waals surface area (Å²) < 4.78 is 0. The number of rotatable bonds is 5. The second-order valence-electron chi connectivity index (χ2n) is 2.98. The molecule has 1 N–H and O–H groups in total. The van der Waals surface area contributed by atoms with E-state index in [-0.39, 0.29) is 6.61 Å². The van der Waals surface area contributed by atoms with Crippen molar-refractivity contribution in [2.24, 2.45) is 5.92 Å². The van der Waals surface area contributed by atoms with Crippen LogP contribution < -0.4 is 0 Å². The number of aliphatic hydroxyl groups is 1. The highest BCUT2D eigenvalue weighted by Crippen LogP contribution is 2.10. The molecular weight excluding hydrogens is 204 g/mol. The molecule has 66 valence electrons. The number of aliphatic hydroxyl groups excluding tert-OH is 1. The Morgan fingerprint density at radius 3 is 2.73 bits per heavy atom. The third-order valence-electron chi connectivity index (χ3n) is 1.61. The fourth-order valence-corrected chi connectivity index (χ4v) is 1.34. The van der Waals surface area contributed by atoms with Crippen molar-refractivity contribution in [3.63, 3.8) is 0 Å². The Bertz CT molecular complexity index is 121. The smallest absolute Gasteiger partial charge is 0.0639 e. The summed E-state index contributed by atoms with van der Waals surface area (Å²) in [6.45, 7) is 4.34. The van der Waals surface area contributed by atoms with Crippen molar-refractivity contribution in [3.8, 4) is 0 Å². The molecule has 0 aromatic carbocycles. The van der Waals surface area contributed by atoms with E-state index in [2.05, 4.69) is 28.9 Å². The Kier molecular flexibility index (Phi) is 6.98. The average molecular weight is 221 g/mol. The standard InChI is InChI=1S/C9H17BrO/c1-8(4-3-5-10)6-9(2)7-11/h6,8,11H,3-5,7H2,1-2H3. The van der Waals surface area contributed by atoms with Crippen molar-refractivity contribution >= 4 is 15.9 Å². The molecule has 0 aromatic heterocycles. The molecule has 0 heterocycles. The summed E-state index contributed by atoms with van der Waals surface area (Å²) in [5.41, 5.74) is 1.08. The maximum absolute atomic E-state index is 8.73. The number of hydrogen-bond acceptors (Lipinski definition) is 1. The number of halogens is 1. The van der Waals surface area contributed by atoms with Crippen LogP contribution in [0.15, 0.2) is 11.6 Å². The summed E-state index contributed by atoms with van der Waals surface area (Å²) in [5.74, 6) is 0.597. The molecule has 0 aliphatic rings. The van der Waals surface area contributed by atoms with E-state index in [0.29, 0.717) is 5.92 Å². The van der Waals surface area contributed by atoms with Gasteiger partial charge in [0.1, 0.15) is 0 Å². The molecule has 0 amide bonds. The topological polar surface area (TPSA) is 20.2 Å². The van der Waals surface area contributed by atoms with Gasteiger partial charge in [-0.15, -0.1) is 0 Å². The van der Waals surface area contributed by atoms with Crippen LogP contribution in [0.3, 0.4) is 0 Å². The minimum atomic E-state index is 0.193. The van der Waals surface area contributed by atoms with Gasteiger partial charge in [-0.25, -0.2) is 0 Å². The number of hydrogen-bond donors (Lipinski definition) is 1. The second-order valence-corrected chi connectivity index (χ2v) is 3.77. The lowest BCUT2D eigenvalue weighted by Gasteiger charge is -2.05. The minimum Gasteiger partial charge on any atom is -0.392 e. The average Bonchev–Trinajstić information content (AvgIpc) is 2.00. The first kappa shape index (κ1) is 11.2. The Hall–Kier alpha value is 0.180. The van der Waals surface area contributed by atoms with Crippen LogP contribution in [0.25, 0.3) is 0 Å². The van der Waals surface area contributed by atoms with Gasteiger partial charge in [0, 0.05) is 5.33 Å². The van der Waals surface area contributed by atoms with E-state index >= 15 is 0 Å². The number of allylic oxidation sites excluding steroid dienone is 1. The second kappa shape index (κ2) is 6.86. The molecule has 0 bridgehead atoms. The maximum atomic E-state index is 8.73. The van der Waals surface area contributed by atoms with Crippen LogP contribution in [0.2, 0.25) is 0 Å². The zero-order chi connectivity index (χ0) is 8.69. The normalized spacial score (nSPS) is 15.1. The van der Waals surface area contributed by atoms with Gasteiger partial charge in [-0.1, -0.05) is 34.5 Å². The Balaban J connectivity index is 3.57. The molecule has 0 aromatic rings. The Morgan fingerprint density at radius 1 is 1.64 bits per heavy atom. The fourth-order valence-electron chi connectivity index (χ4n) is 1.02. The van der Waals surface area contributed by atoms with Gasteiger partial charge in [0.2, 0.25) is 0 Å². The zero-order valence-electron chi connectivity index (χ0n) is 7.31. The molecule has 1 nitrogen and oxygen atoms in total. The van der Waals surface area contributed by atoms with Gasteiger partial charge < -0.3 is 5.11 Å². The summed E-state index contributed by atoms with van der Waals surface area (Å²) in [6, 6.07) is 0. The maximum Gasteiger partial charge on any atom is 0.0639 e. The van der Waals surface area contributed by atoms with Crippen molar-refractivity contribution in [3.05, 3.63) is 11.6 Å². The first-order valence-electron chi connectivity index (χ1n) is 4.04. The predicted octanol–water partition coefficient (Wildman–Crippen LogP) is 2.74. The Morgan fingerprint density at radius 2 is 2.27 bits per heavy atom. The Labute approximate surface area is 77.6 Å². The van der Waals surface area contributed by atoms with E-state index in [9.17, 15) is 0 Å². The summed E-state index contributed by atoms with van der Waals surface area (Å²) in [6.07, 6.45) is 4.54. The molecule has 11 heavy (non-hydrogen) atoms. The summed E-state index contributed by atoms with van der Waals surface area (Å²) in [5, 5.41) is 9.80. The van der Waals surface area contributed by atoms with E-state index in [1.807, 2.05) is 6.92 Å². The van der Waals surface area contributed by atoms with E-state index in [1.165, 1.54) is 12.8 Å². The van der Waals surface area contributed by atoms with Gasteiger partial charge >= 0.3 is 0 Å². The van der Waals surface area contributed by atoms with Gasteiger partial charge in [0.05, 0.1) is 6.61 Å². The molecule has 0 radical (unpaired) electrons. The summed E-state index contributed by atoms with van der Waals surface area (Å²) >= 11 is 3.39. The fraction of sp³-hybridized carbons (Fsp3) is 0.778. The number of alkyl halides is 1. The van der Waals surface area contributed by atoms with Crippen LogP contribution in [0.1, 0.15) is 26.7 Å². The summed E-state index contributed by atoms with van der Waals surface area (Å²) in [4.78, 5) is 0. The molecular formula is C9H17BrO. The van der Waals surface area contributed by atoms with E-state index < -0.39 is 0 Å². The first-order chi connectivity index (χ1) is 5.20. The lowest BCUT2D eigenvalue weighted by atomic mass is 10.0. The van der Waals surface area contributed by atoms with Crippen LogP contribution in [-0.4, -0.2) is 17.0 Å². The van der Waals surface area contributed by atoms with Crippen molar-refractivity contribution in [1.29, 1.82) is 0 Å². The third kappa shape index (κ3) is 6.57. The molecule has 0 aliphatic heterocycles. The highest BCUT2D eigenvalue weighted by atomic mass is 79.9. The van der Waals surface area contributed by atoms with Gasteiger partial charge in [-0.05, 0) is 25.7 Å². The molecule has 0 aliphatic carbocycles. The van der Waals surface area contributed by atoms with Crippen molar-refractivity contribution in [2.45, 2.75) is 26.7 Å². The highest BCUT2D eigenvalue weighted by molar-refractivity contribution is 9.09. The van der Waals surface area contributed by atoms with Crippen LogP contribution in [-0.2, 0) is 0 Å². The predicted molar refractivity (Wildman–Crippen MR) is 53.0 cm³/mol. The van der Waals surface area contributed by atoms with E-state index in [1.54, 1.807) is 0 Å². The van der Waals surface area contributed by atoms with Crippen molar-refractivity contribution in [2.75, 3.05) is 11.9 Å². The van der Waals surface area contributed by atoms with Crippen LogP contribution in [0, 0.1) is 5.92 Å². The largest absolute Gasteiger partial charge is 0.392 e. The molecule has 0 fully saturated rings. The SMILES string of the molecule is CC(=CC(C)CCCBr)CO. The third-order valence-corrected chi connectivity index (χ3v) is 2.17. The molecule has 1 unspecified atom stereocenters. The van der Waals surface area contributed by atoms with E-state index in [4.69, 9.17) is 5.11 Å². The monoisotopic (exact) mass is 220 g/mol. The van der Waals surface area contributed by atoms with Crippen molar-refractivity contribution < 1.29 is 5.11 Å². The molecule has 0 rings (SSSR count). The van der Waals surface area contributed by atoms with E-state index in [0.717, 1.165) is 10.9 Å². The molecule has 0 saturated carbocycles. The van der Waals surface area contributed by atoms with Gasteiger partial charge in [-0.2, -0.15) is 0 Å². The van der Waals surface area contributed by atoms with Crippen LogP contribution in [0.5, 0.6) is 0 Å². The molecule has 2 heteroatoms. The van der Waals surface area contributed by atoms with Gasteiger partial charge in [-0.3, -0.25) is 0 Å². The highest BCUT2D eigenvalue weighted by Gasteiger charge is 1.97. The lowest BCUT2D eigenvalue weighted by Crippen LogP contribution is -1.94. The van der Waals surface area contributed by atoms with Crippen LogP contribution in [0.4, 0.5) is 0 Å². The first-order valence-corrected chi connectivity index (χ1v) is 5.17. The molecule has 0 saturated heterocycles. The lowest BCUT2D eigenvalue weighted by molar-refractivity contribution is 0.330. The zero-order valence-corrected chi connectivity index (χ0v) is 8.89. The van der Waals surface area contributed by atoms with Crippen LogP contribution >= 0.6 is 15.9 Å². The quantitative estimate of drug-likeness (QED) is 0.559. The minimum absolute atomic E-state index is 0.193.